The third kappa shape index (κ3) is 2.61. The quantitative estimate of drug-likeness (QED) is 0.195. The average Bonchev–Trinajstić information content (AvgIpc) is 3.70. The zero-order valence-corrected chi connectivity index (χ0v) is 25.3. The van der Waals surface area contributed by atoms with Gasteiger partial charge in [-0.1, -0.05) is 53.2 Å². The van der Waals surface area contributed by atoms with Gasteiger partial charge in [0.2, 0.25) is 5.69 Å². The molecule has 8 aromatic rings. The van der Waals surface area contributed by atoms with Crippen molar-refractivity contribution in [1.82, 2.24) is 14.2 Å². The van der Waals surface area contributed by atoms with Gasteiger partial charge < -0.3 is 4.74 Å². The second-order valence-electron chi connectivity index (χ2n) is 12.5. The molecule has 1 spiro atoms. The lowest BCUT2D eigenvalue weighted by atomic mass is 9.84. The molecule has 216 valence electrons. The van der Waals surface area contributed by atoms with E-state index >= 15 is 0 Å². The molecule has 0 aliphatic carbocycles. The monoisotopic (exact) mass is 593 g/mol. The van der Waals surface area contributed by atoms with Crippen molar-refractivity contribution in [1.29, 1.82) is 0 Å². The lowest BCUT2D eigenvalue weighted by molar-refractivity contribution is -0.995. The molecule has 11 rings (SSSR count). The van der Waals surface area contributed by atoms with E-state index in [0.29, 0.717) is 0 Å². The number of benzene rings is 4. The Morgan fingerprint density at radius 3 is 2.30 bits per heavy atom. The first-order valence-electron chi connectivity index (χ1n) is 15.7. The Bertz CT molecular complexity index is 2630. The predicted octanol–water partition coefficient (Wildman–Crippen LogP) is 7.53. The molecule has 6 nitrogen and oxygen atoms in total. The number of rotatable bonds is 2. The number of hydrogen-bond acceptors (Lipinski definition) is 2. The molecule has 46 heavy (non-hydrogen) atoms. The van der Waals surface area contributed by atoms with E-state index in [9.17, 15) is 0 Å². The van der Waals surface area contributed by atoms with Crippen molar-refractivity contribution in [3.8, 4) is 45.3 Å². The summed E-state index contributed by atoms with van der Waals surface area (Å²) < 4.78 is 16.7. The Kier molecular flexibility index (Phi) is 4.32. The van der Waals surface area contributed by atoms with Crippen molar-refractivity contribution in [2.45, 2.75) is 19.5 Å². The SMILES string of the molecule is Cc1c(-c2ccc(-c3ccncc3)cc2)c(C)[n+]2n1-c1cccc3c1C21c2c(ccc4c5ccccc5n(c24)-c2cccc[n+]21)O3. The second-order valence-corrected chi connectivity index (χ2v) is 12.5. The number of aromatic nitrogens is 5. The van der Waals surface area contributed by atoms with E-state index < -0.39 is 5.66 Å². The number of para-hydroxylation sites is 1. The zero-order valence-electron chi connectivity index (χ0n) is 25.3. The van der Waals surface area contributed by atoms with Gasteiger partial charge in [-0.3, -0.25) is 4.98 Å². The van der Waals surface area contributed by atoms with Crippen molar-refractivity contribution in [3.05, 3.63) is 150 Å². The van der Waals surface area contributed by atoms with Crippen molar-refractivity contribution < 1.29 is 14.0 Å². The zero-order chi connectivity index (χ0) is 30.3. The molecule has 6 heteroatoms. The maximum absolute atomic E-state index is 6.83. The van der Waals surface area contributed by atoms with E-state index in [1.807, 2.05) is 12.4 Å². The van der Waals surface area contributed by atoms with Crippen LogP contribution in [0.5, 0.6) is 11.5 Å². The van der Waals surface area contributed by atoms with Crippen LogP contribution in [0.3, 0.4) is 0 Å². The molecule has 3 aliphatic rings. The minimum absolute atomic E-state index is 0.690. The third-order valence-electron chi connectivity index (χ3n) is 10.4. The van der Waals surface area contributed by atoms with Crippen molar-refractivity contribution in [3.63, 3.8) is 0 Å². The summed E-state index contributed by atoms with van der Waals surface area (Å²) in [6.45, 7) is 4.53. The van der Waals surface area contributed by atoms with Gasteiger partial charge in [0.05, 0.1) is 17.5 Å². The van der Waals surface area contributed by atoms with Crippen molar-refractivity contribution >= 4 is 21.8 Å². The van der Waals surface area contributed by atoms with E-state index in [4.69, 9.17) is 4.74 Å². The van der Waals surface area contributed by atoms with Crippen LogP contribution in [0.4, 0.5) is 0 Å². The minimum atomic E-state index is -0.690. The number of nitrogens with zero attached hydrogens (tertiary/aromatic N) is 5. The van der Waals surface area contributed by atoms with E-state index in [1.165, 1.54) is 61.0 Å². The summed E-state index contributed by atoms with van der Waals surface area (Å²) in [6, 6.07) is 39.3. The molecule has 3 aliphatic heterocycles. The predicted molar refractivity (Wildman–Crippen MR) is 177 cm³/mol. The number of fused-ring (bicyclic) bond motifs is 7. The minimum Gasteiger partial charge on any atom is -0.456 e. The van der Waals surface area contributed by atoms with Gasteiger partial charge in [-0.05, 0) is 78.2 Å². The Labute approximate surface area is 264 Å². The van der Waals surface area contributed by atoms with E-state index in [0.717, 1.165) is 28.6 Å². The van der Waals surface area contributed by atoms with Crippen LogP contribution in [-0.4, -0.2) is 14.2 Å². The highest BCUT2D eigenvalue weighted by Crippen LogP contribution is 2.56. The lowest BCUT2D eigenvalue weighted by Gasteiger charge is -2.33. The Balaban J connectivity index is 1.29. The molecule has 1 unspecified atom stereocenters. The van der Waals surface area contributed by atoms with Crippen molar-refractivity contribution in [2.24, 2.45) is 0 Å². The first-order valence-corrected chi connectivity index (χ1v) is 15.7. The van der Waals surface area contributed by atoms with Crippen LogP contribution in [0, 0.1) is 13.8 Å². The number of pyridine rings is 2. The number of hydrogen-bond donors (Lipinski definition) is 0. The van der Waals surface area contributed by atoms with E-state index in [2.05, 4.69) is 153 Å². The molecular weight excluding hydrogens is 566 g/mol. The Morgan fingerprint density at radius 1 is 0.674 bits per heavy atom. The van der Waals surface area contributed by atoms with Gasteiger partial charge in [-0.2, -0.15) is 9.13 Å². The van der Waals surface area contributed by atoms with Gasteiger partial charge in [0.25, 0.3) is 5.82 Å². The van der Waals surface area contributed by atoms with Gasteiger partial charge in [0, 0.05) is 36.2 Å². The van der Waals surface area contributed by atoms with Gasteiger partial charge >= 0.3 is 5.66 Å². The first-order chi connectivity index (χ1) is 22.7. The molecule has 0 saturated heterocycles. The van der Waals surface area contributed by atoms with E-state index in [-0.39, 0.29) is 0 Å². The molecule has 7 heterocycles. The largest absolute Gasteiger partial charge is 0.456 e. The maximum Gasteiger partial charge on any atom is 0.397 e. The van der Waals surface area contributed by atoms with Crippen LogP contribution in [0.2, 0.25) is 0 Å². The molecular formula is C40H27N5O+2. The smallest absolute Gasteiger partial charge is 0.397 e. The average molecular weight is 594 g/mol. The fraction of sp³-hybridized carbons (Fsp3) is 0.0750. The van der Waals surface area contributed by atoms with Gasteiger partial charge in [-0.15, -0.1) is 4.68 Å². The van der Waals surface area contributed by atoms with Gasteiger partial charge in [0.15, 0.2) is 11.1 Å². The maximum atomic E-state index is 6.83. The molecule has 0 radical (unpaired) electrons. The molecule has 4 aromatic heterocycles. The summed E-state index contributed by atoms with van der Waals surface area (Å²) >= 11 is 0. The normalized spacial score (nSPS) is 16.3. The fourth-order valence-electron chi connectivity index (χ4n) is 8.76. The fourth-order valence-corrected chi connectivity index (χ4v) is 8.76. The second kappa shape index (κ2) is 8.17. The summed E-state index contributed by atoms with van der Waals surface area (Å²) in [4.78, 5) is 4.20. The summed E-state index contributed by atoms with van der Waals surface area (Å²) in [7, 11) is 0. The van der Waals surface area contributed by atoms with Crippen LogP contribution in [0.1, 0.15) is 22.5 Å². The summed E-state index contributed by atoms with van der Waals surface area (Å²) in [5, 5.41) is 2.48. The molecule has 0 fully saturated rings. The Hall–Kier alpha value is -6.01. The van der Waals surface area contributed by atoms with Crippen LogP contribution >= 0.6 is 0 Å². The molecule has 1 atom stereocenters. The molecule has 0 N–H and O–H groups in total. The van der Waals surface area contributed by atoms with Gasteiger partial charge in [-0.25, -0.2) is 0 Å². The van der Waals surface area contributed by atoms with Crippen LogP contribution in [0.15, 0.2) is 128 Å². The highest BCUT2D eigenvalue weighted by molar-refractivity contribution is 6.11. The third-order valence-corrected chi connectivity index (χ3v) is 10.4. The van der Waals surface area contributed by atoms with E-state index in [1.54, 1.807) is 0 Å². The summed E-state index contributed by atoms with van der Waals surface area (Å²) in [5.41, 5.74) is 12.4. The topological polar surface area (TPSA) is 39.7 Å². The molecule has 0 bridgehead atoms. The molecule has 4 aromatic carbocycles. The number of ether oxygens (including phenoxy) is 1. The first kappa shape index (κ1) is 24.3. The lowest BCUT2D eigenvalue weighted by Crippen LogP contribution is -2.77. The summed E-state index contributed by atoms with van der Waals surface area (Å²) in [6.07, 6.45) is 5.94. The molecule has 0 saturated carbocycles. The van der Waals surface area contributed by atoms with Crippen LogP contribution in [-0.2, 0) is 5.66 Å². The van der Waals surface area contributed by atoms with Crippen molar-refractivity contribution in [2.75, 3.05) is 0 Å². The molecule has 0 amide bonds. The highest BCUT2D eigenvalue weighted by Gasteiger charge is 2.69. The standard InChI is InChI=1S/C40H27N5O/c1-24-36(28-15-13-26(14-16-28)27-19-21-41-22-20-27)25(2)45-40-37-32(44(24)45)10-7-11-33(37)46-34-18-17-30-29-8-3-4-9-31(29)43(39(30)38(34)40)35-12-5-6-23-42(35)40/h3-23H,1-2H3/q+2. The van der Waals surface area contributed by atoms with Crippen LogP contribution in [0.25, 0.3) is 55.6 Å². The van der Waals surface area contributed by atoms with Gasteiger partial charge in [0.1, 0.15) is 28.3 Å². The summed E-state index contributed by atoms with van der Waals surface area (Å²) in [5.74, 6) is 2.92. The Morgan fingerprint density at radius 2 is 1.43 bits per heavy atom. The highest BCUT2D eigenvalue weighted by atomic mass is 16.5. The van der Waals surface area contributed by atoms with Crippen LogP contribution < -0.4 is 14.0 Å².